The number of fused-ring (bicyclic) bond motifs is 7. The van der Waals surface area contributed by atoms with Crippen LogP contribution < -0.4 is 0 Å². The number of carbonyl (C=O) groups excluding carboxylic acids is 4. The molecule has 6 fully saturated rings. The van der Waals surface area contributed by atoms with Gasteiger partial charge in [-0.15, -0.1) is 0 Å². The Labute approximate surface area is 278 Å². The molecule has 6 aliphatic rings. The highest BCUT2D eigenvalue weighted by molar-refractivity contribution is 5.89. The number of Topliss-reactive ketones (excluding diaryl/α,β-unsaturated/α-hetero) is 2. The van der Waals surface area contributed by atoms with Crippen LogP contribution in [0.2, 0.25) is 0 Å². The van der Waals surface area contributed by atoms with Gasteiger partial charge in [0.2, 0.25) is 5.91 Å². The van der Waals surface area contributed by atoms with Gasteiger partial charge in [0.1, 0.15) is 17.6 Å². The molecule has 12 atom stereocenters. The molecule has 6 heteroatoms. The molecule has 0 aromatic rings. The minimum atomic E-state index is -0.456. The van der Waals surface area contributed by atoms with Crippen LogP contribution in [0.15, 0.2) is 12.2 Å². The first-order chi connectivity index (χ1) is 21.5. The number of rotatable bonds is 6. The van der Waals surface area contributed by atoms with Crippen molar-refractivity contribution in [2.24, 2.45) is 62.6 Å². The van der Waals surface area contributed by atoms with Crippen molar-refractivity contribution in [3.05, 3.63) is 12.2 Å². The van der Waals surface area contributed by atoms with E-state index in [0.29, 0.717) is 43.1 Å². The third-order valence-electron chi connectivity index (χ3n) is 16.4. The maximum atomic E-state index is 14.9. The summed E-state index contributed by atoms with van der Waals surface area (Å²) >= 11 is 0. The summed E-state index contributed by atoms with van der Waals surface area (Å²) in [5.74, 6) is 2.22. The summed E-state index contributed by atoms with van der Waals surface area (Å²) in [6.07, 6.45) is 12.2. The van der Waals surface area contributed by atoms with Gasteiger partial charge in [0.05, 0.1) is 12.5 Å². The summed E-state index contributed by atoms with van der Waals surface area (Å²) in [7, 11) is 1.44. The van der Waals surface area contributed by atoms with Crippen molar-refractivity contribution in [2.45, 2.75) is 138 Å². The molecule has 256 valence electrons. The van der Waals surface area contributed by atoms with Crippen molar-refractivity contribution in [3.8, 4) is 0 Å². The molecular weight excluding hydrogens is 574 g/mol. The van der Waals surface area contributed by atoms with Crippen LogP contribution in [-0.2, 0) is 23.9 Å². The third-order valence-corrected chi connectivity index (χ3v) is 16.4. The number of allylic oxidation sites excluding steroid dienone is 1. The number of ketones is 2. The minimum absolute atomic E-state index is 0.0405. The molecule has 5 saturated carbocycles. The summed E-state index contributed by atoms with van der Waals surface area (Å²) in [5.41, 5.74) is 0.752. The van der Waals surface area contributed by atoms with Crippen molar-refractivity contribution >= 4 is 23.4 Å². The standard InChI is InChI=1S/C40H61NO5/c1-24(2)27-14-19-40(35(45)41-22-10-11-30(41)34(44)46-9)21-20-38(7)29(33(27)40)12-13-32-36(5)17-15-28(26(4)43)37(6,23-25(3)42)31(36)16-18-39(32,38)8/h27-33H,1,10-23H2,2-9H3/t27-,28+,29?,30-,31?,32?,33?,36-,37+,38+,39+,40-/m0/s1. The zero-order chi connectivity index (χ0) is 33.6. The first kappa shape index (κ1) is 33.9. The number of carbonyl (C=O) groups is 4. The molecule has 1 heterocycles. The van der Waals surface area contributed by atoms with Crippen molar-refractivity contribution in [1.82, 2.24) is 4.90 Å². The lowest BCUT2D eigenvalue weighted by Crippen LogP contribution is -2.67. The molecule has 0 radical (unpaired) electrons. The van der Waals surface area contributed by atoms with Gasteiger partial charge in [0.25, 0.3) is 0 Å². The summed E-state index contributed by atoms with van der Waals surface area (Å²) in [6.45, 7) is 20.8. The highest BCUT2D eigenvalue weighted by atomic mass is 16.5. The molecule has 4 unspecified atom stereocenters. The smallest absolute Gasteiger partial charge is 0.328 e. The number of esters is 1. The maximum absolute atomic E-state index is 14.9. The minimum Gasteiger partial charge on any atom is -0.467 e. The largest absolute Gasteiger partial charge is 0.467 e. The first-order valence-electron chi connectivity index (χ1n) is 18.6. The maximum Gasteiger partial charge on any atom is 0.328 e. The number of methoxy groups -OCH3 is 1. The number of ether oxygens (including phenoxy) is 1. The Kier molecular flexibility index (Phi) is 8.32. The molecular formula is C40H61NO5. The predicted octanol–water partition coefficient (Wildman–Crippen LogP) is 7.97. The third kappa shape index (κ3) is 4.45. The fourth-order valence-electron chi connectivity index (χ4n) is 14.5. The Hall–Kier alpha value is -1.98. The van der Waals surface area contributed by atoms with E-state index < -0.39 is 11.5 Å². The van der Waals surface area contributed by atoms with Crippen molar-refractivity contribution in [3.63, 3.8) is 0 Å². The van der Waals surface area contributed by atoms with Crippen molar-refractivity contribution in [1.29, 1.82) is 0 Å². The molecule has 1 amide bonds. The molecule has 1 saturated heterocycles. The van der Waals surface area contributed by atoms with Crippen LogP contribution in [-0.4, -0.2) is 48.0 Å². The van der Waals surface area contributed by atoms with E-state index in [9.17, 15) is 19.2 Å². The highest BCUT2D eigenvalue weighted by Crippen LogP contribution is 2.78. The molecule has 6 nitrogen and oxygen atoms in total. The lowest BCUT2D eigenvalue weighted by Gasteiger charge is -2.73. The molecule has 46 heavy (non-hydrogen) atoms. The molecule has 0 bridgehead atoms. The number of hydrogen-bond acceptors (Lipinski definition) is 5. The Morgan fingerprint density at radius 1 is 0.804 bits per heavy atom. The van der Waals surface area contributed by atoms with Gasteiger partial charge in [-0.3, -0.25) is 9.59 Å². The van der Waals surface area contributed by atoms with Gasteiger partial charge in [-0.1, -0.05) is 39.8 Å². The van der Waals surface area contributed by atoms with E-state index in [4.69, 9.17) is 4.74 Å². The number of amides is 1. The van der Waals surface area contributed by atoms with Gasteiger partial charge < -0.3 is 14.4 Å². The van der Waals surface area contributed by atoms with Gasteiger partial charge in [-0.25, -0.2) is 4.79 Å². The van der Waals surface area contributed by atoms with E-state index >= 15 is 0 Å². The molecule has 0 N–H and O–H groups in total. The second-order valence-corrected chi connectivity index (χ2v) is 18.1. The van der Waals surface area contributed by atoms with Crippen LogP contribution in [0.1, 0.15) is 132 Å². The zero-order valence-corrected chi connectivity index (χ0v) is 30.1. The monoisotopic (exact) mass is 635 g/mol. The first-order valence-corrected chi connectivity index (χ1v) is 18.6. The van der Waals surface area contributed by atoms with Crippen LogP contribution in [0, 0.1) is 62.6 Å². The van der Waals surface area contributed by atoms with Crippen LogP contribution >= 0.6 is 0 Å². The summed E-state index contributed by atoms with van der Waals surface area (Å²) in [6, 6.07) is -0.456. The van der Waals surface area contributed by atoms with Crippen LogP contribution in [0.5, 0.6) is 0 Å². The summed E-state index contributed by atoms with van der Waals surface area (Å²) < 4.78 is 5.17. The fraction of sp³-hybridized carbons (Fsp3) is 0.850. The average molecular weight is 636 g/mol. The predicted molar refractivity (Wildman–Crippen MR) is 180 cm³/mol. The lowest BCUT2D eigenvalue weighted by atomic mass is 9.31. The van der Waals surface area contributed by atoms with Crippen molar-refractivity contribution in [2.75, 3.05) is 13.7 Å². The van der Waals surface area contributed by atoms with E-state index in [2.05, 4.69) is 41.2 Å². The molecule has 0 aromatic carbocycles. The second kappa shape index (κ2) is 11.3. The second-order valence-electron chi connectivity index (χ2n) is 18.1. The normalized spacial score (nSPS) is 48.0. The lowest BCUT2D eigenvalue weighted by molar-refractivity contribution is -0.243. The van der Waals surface area contributed by atoms with Crippen LogP contribution in [0.4, 0.5) is 0 Å². The van der Waals surface area contributed by atoms with Gasteiger partial charge in [-0.2, -0.15) is 0 Å². The molecule has 6 rings (SSSR count). The Morgan fingerprint density at radius 3 is 2.15 bits per heavy atom. The molecule has 5 aliphatic carbocycles. The van der Waals surface area contributed by atoms with Gasteiger partial charge >= 0.3 is 5.97 Å². The van der Waals surface area contributed by atoms with E-state index in [1.54, 1.807) is 13.8 Å². The quantitative estimate of drug-likeness (QED) is 0.218. The Morgan fingerprint density at radius 2 is 1.52 bits per heavy atom. The topological polar surface area (TPSA) is 80.8 Å². The zero-order valence-electron chi connectivity index (χ0n) is 30.1. The molecule has 0 aromatic heterocycles. The Bertz CT molecular complexity index is 1320. The summed E-state index contributed by atoms with van der Waals surface area (Å²) in [4.78, 5) is 55.3. The van der Waals surface area contributed by atoms with Crippen molar-refractivity contribution < 1.29 is 23.9 Å². The number of nitrogens with zero attached hydrogens (tertiary/aromatic N) is 1. The SMILES string of the molecule is C=C(C)[C@@H]1CC[C@]2(C(=O)N3CCC[C@H]3C(=O)OC)CC[C@]3(C)C(CCC4[C@@]5(C)CC[C@H](C(C)=O)[C@@](C)(CC(C)=O)C5CC[C@]43C)C12. The molecule has 1 aliphatic heterocycles. The van der Waals surface area contributed by atoms with E-state index in [-0.39, 0.29) is 56.9 Å². The van der Waals surface area contributed by atoms with Gasteiger partial charge in [0, 0.05) is 18.9 Å². The number of likely N-dealkylation sites (tertiary alicyclic amines) is 1. The van der Waals surface area contributed by atoms with E-state index in [1.807, 2.05) is 4.90 Å². The van der Waals surface area contributed by atoms with Crippen LogP contribution in [0.3, 0.4) is 0 Å². The van der Waals surface area contributed by atoms with E-state index in [0.717, 1.165) is 70.6 Å². The summed E-state index contributed by atoms with van der Waals surface area (Å²) in [5, 5.41) is 0. The average Bonchev–Trinajstić information content (AvgIpc) is 3.62. The van der Waals surface area contributed by atoms with E-state index in [1.165, 1.54) is 12.7 Å². The fourth-order valence-corrected chi connectivity index (χ4v) is 14.5. The number of hydrogen-bond donors (Lipinski definition) is 0. The van der Waals surface area contributed by atoms with Crippen LogP contribution in [0.25, 0.3) is 0 Å². The van der Waals surface area contributed by atoms with Gasteiger partial charge in [0.15, 0.2) is 0 Å². The van der Waals surface area contributed by atoms with Gasteiger partial charge in [-0.05, 0) is 149 Å². The Balaban J connectivity index is 1.37. The molecule has 0 spiro atoms. The highest BCUT2D eigenvalue weighted by Gasteiger charge is 2.72.